The second-order valence-electron chi connectivity index (χ2n) is 6.44. The van der Waals surface area contributed by atoms with Gasteiger partial charge in [0, 0.05) is 23.6 Å². The summed E-state index contributed by atoms with van der Waals surface area (Å²) >= 11 is 1.50. The Bertz CT molecular complexity index is 1050. The zero-order valence-corrected chi connectivity index (χ0v) is 15.4. The summed E-state index contributed by atoms with van der Waals surface area (Å²) in [5.74, 6) is 0.187. The molecule has 4 rings (SSSR count). The number of benzene rings is 2. The van der Waals surface area contributed by atoms with Crippen molar-refractivity contribution in [3.63, 3.8) is 0 Å². The fourth-order valence-electron chi connectivity index (χ4n) is 3.15. The van der Waals surface area contributed by atoms with Gasteiger partial charge in [-0.1, -0.05) is 60.2 Å². The molecule has 0 aliphatic rings. The Morgan fingerprint density at radius 2 is 1.73 bits per heavy atom. The maximum Gasteiger partial charge on any atom is 0.173 e. The summed E-state index contributed by atoms with van der Waals surface area (Å²) in [4.78, 5) is 19.2. The molecular formula is C23H19NOS. The Kier molecular flexibility index (Phi) is 4.63. The van der Waals surface area contributed by atoms with Crippen LogP contribution >= 0.6 is 11.3 Å². The molecule has 0 fully saturated rings. The largest absolute Gasteiger partial charge is 0.293 e. The Morgan fingerprint density at radius 3 is 2.50 bits per heavy atom. The van der Waals surface area contributed by atoms with E-state index in [1.165, 1.54) is 22.5 Å². The number of nitrogens with zero attached hydrogens (tertiary/aromatic N) is 1. The van der Waals surface area contributed by atoms with Gasteiger partial charge in [0.1, 0.15) is 4.83 Å². The molecular weight excluding hydrogens is 338 g/mol. The molecule has 2 heterocycles. The predicted octanol–water partition coefficient (Wildman–Crippen LogP) is 6.09. The number of aryl methyl sites for hydroxylation is 2. The molecule has 0 amide bonds. The topological polar surface area (TPSA) is 30.0 Å². The zero-order chi connectivity index (χ0) is 17.9. The molecule has 0 N–H and O–H groups in total. The molecule has 4 aromatic rings. The minimum atomic E-state index is 0.187. The summed E-state index contributed by atoms with van der Waals surface area (Å²) in [5, 5.41) is 1.06. The molecule has 0 bridgehead atoms. The van der Waals surface area contributed by atoms with E-state index in [-0.39, 0.29) is 5.78 Å². The van der Waals surface area contributed by atoms with Crippen LogP contribution in [0.5, 0.6) is 0 Å². The monoisotopic (exact) mass is 357 g/mol. The first-order valence-corrected chi connectivity index (χ1v) is 9.56. The lowest BCUT2D eigenvalue weighted by atomic mass is 9.99. The van der Waals surface area contributed by atoms with Crippen molar-refractivity contribution in [2.45, 2.75) is 19.8 Å². The van der Waals surface area contributed by atoms with Gasteiger partial charge in [-0.2, -0.15) is 0 Å². The van der Waals surface area contributed by atoms with Crippen LogP contribution in [0.25, 0.3) is 21.3 Å². The molecule has 0 atom stereocenters. The molecule has 0 saturated heterocycles. The SMILES string of the molecule is Cc1ccc(CCC(=O)c2sc3ncccc3c2-c2ccccc2)cc1. The van der Waals surface area contributed by atoms with Crippen LogP contribution < -0.4 is 0 Å². The summed E-state index contributed by atoms with van der Waals surface area (Å²) in [5.41, 5.74) is 4.53. The summed E-state index contributed by atoms with van der Waals surface area (Å²) in [6, 6.07) is 22.5. The number of pyridine rings is 1. The van der Waals surface area contributed by atoms with E-state index in [1.807, 2.05) is 24.3 Å². The maximum atomic E-state index is 13.0. The highest BCUT2D eigenvalue weighted by Crippen LogP contribution is 2.38. The number of aromatic nitrogens is 1. The van der Waals surface area contributed by atoms with E-state index in [1.54, 1.807) is 6.20 Å². The lowest BCUT2D eigenvalue weighted by Crippen LogP contribution is -2.00. The van der Waals surface area contributed by atoms with E-state index < -0.39 is 0 Å². The van der Waals surface area contributed by atoms with Crippen molar-refractivity contribution in [3.05, 3.63) is 88.9 Å². The van der Waals surface area contributed by atoms with Crippen LogP contribution in [0.4, 0.5) is 0 Å². The van der Waals surface area contributed by atoms with E-state index in [2.05, 4.69) is 54.4 Å². The molecule has 2 nitrogen and oxygen atoms in total. The van der Waals surface area contributed by atoms with E-state index in [0.717, 1.165) is 32.6 Å². The average molecular weight is 357 g/mol. The van der Waals surface area contributed by atoms with Gasteiger partial charge in [0.2, 0.25) is 0 Å². The van der Waals surface area contributed by atoms with Crippen LogP contribution in [0, 0.1) is 6.92 Å². The Morgan fingerprint density at radius 1 is 0.962 bits per heavy atom. The number of carbonyl (C=O) groups excluding carboxylic acids is 1. The second-order valence-corrected chi connectivity index (χ2v) is 7.44. The first-order chi connectivity index (χ1) is 12.7. The third-order valence-corrected chi connectivity index (χ3v) is 5.70. The Balaban J connectivity index is 1.69. The maximum absolute atomic E-state index is 13.0. The van der Waals surface area contributed by atoms with Crippen molar-refractivity contribution in [3.8, 4) is 11.1 Å². The van der Waals surface area contributed by atoms with Gasteiger partial charge < -0.3 is 0 Å². The summed E-state index contributed by atoms with van der Waals surface area (Å²) in [7, 11) is 0. The second kappa shape index (κ2) is 7.22. The number of hydrogen-bond acceptors (Lipinski definition) is 3. The van der Waals surface area contributed by atoms with Gasteiger partial charge in [0.25, 0.3) is 0 Å². The Hall–Kier alpha value is -2.78. The van der Waals surface area contributed by atoms with Crippen molar-refractivity contribution in [2.24, 2.45) is 0 Å². The van der Waals surface area contributed by atoms with E-state index >= 15 is 0 Å². The highest BCUT2D eigenvalue weighted by atomic mass is 32.1. The van der Waals surface area contributed by atoms with Crippen LogP contribution in [0.15, 0.2) is 72.9 Å². The first-order valence-electron chi connectivity index (χ1n) is 8.74. The number of rotatable bonds is 5. The molecule has 0 radical (unpaired) electrons. The highest BCUT2D eigenvalue weighted by molar-refractivity contribution is 7.21. The van der Waals surface area contributed by atoms with Crippen molar-refractivity contribution in [1.29, 1.82) is 0 Å². The van der Waals surface area contributed by atoms with E-state index in [0.29, 0.717) is 6.42 Å². The molecule has 0 aliphatic heterocycles. The third-order valence-electron chi connectivity index (χ3n) is 4.54. The van der Waals surface area contributed by atoms with Crippen LogP contribution in [-0.2, 0) is 6.42 Å². The van der Waals surface area contributed by atoms with Crippen molar-refractivity contribution in [2.75, 3.05) is 0 Å². The number of ketones is 1. The third kappa shape index (κ3) is 3.31. The number of fused-ring (bicyclic) bond motifs is 1. The van der Waals surface area contributed by atoms with Crippen molar-refractivity contribution < 1.29 is 4.79 Å². The fourth-order valence-corrected chi connectivity index (χ4v) is 4.28. The first kappa shape index (κ1) is 16.7. The minimum Gasteiger partial charge on any atom is -0.293 e. The molecule has 0 unspecified atom stereocenters. The summed E-state index contributed by atoms with van der Waals surface area (Å²) < 4.78 is 0. The van der Waals surface area contributed by atoms with Crippen LogP contribution in [0.1, 0.15) is 27.2 Å². The van der Waals surface area contributed by atoms with Gasteiger partial charge in [-0.05, 0) is 36.6 Å². The lowest BCUT2D eigenvalue weighted by molar-refractivity contribution is 0.0987. The lowest BCUT2D eigenvalue weighted by Gasteiger charge is -2.05. The van der Waals surface area contributed by atoms with Crippen LogP contribution in [-0.4, -0.2) is 10.8 Å². The molecule has 3 heteroatoms. The van der Waals surface area contributed by atoms with Gasteiger partial charge in [-0.25, -0.2) is 4.98 Å². The quantitative estimate of drug-likeness (QED) is 0.405. The Labute approximate surface area is 157 Å². The van der Waals surface area contributed by atoms with Crippen LogP contribution in [0.2, 0.25) is 0 Å². The zero-order valence-electron chi connectivity index (χ0n) is 14.6. The van der Waals surface area contributed by atoms with Gasteiger partial charge in [0.05, 0.1) is 4.88 Å². The molecule has 0 spiro atoms. The molecule has 0 saturated carbocycles. The average Bonchev–Trinajstić information content (AvgIpc) is 3.07. The van der Waals surface area contributed by atoms with E-state index in [4.69, 9.17) is 0 Å². The standard InChI is InChI=1S/C23H19NOS/c1-16-9-11-17(12-10-16)13-14-20(25)22-21(18-6-3-2-4-7-18)19-8-5-15-24-23(19)26-22/h2-12,15H,13-14H2,1H3. The fraction of sp³-hybridized carbons (Fsp3) is 0.130. The van der Waals surface area contributed by atoms with Crippen LogP contribution in [0.3, 0.4) is 0 Å². The highest BCUT2D eigenvalue weighted by Gasteiger charge is 2.20. The van der Waals surface area contributed by atoms with E-state index in [9.17, 15) is 4.79 Å². The van der Waals surface area contributed by atoms with Crippen molar-refractivity contribution in [1.82, 2.24) is 4.98 Å². The van der Waals surface area contributed by atoms with Gasteiger partial charge in [0.15, 0.2) is 5.78 Å². The number of hydrogen-bond donors (Lipinski definition) is 0. The van der Waals surface area contributed by atoms with Gasteiger partial charge in [-0.3, -0.25) is 4.79 Å². The molecule has 0 aliphatic carbocycles. The minimum absolute atomic E-state index is 0.187. The predicted molar refractivity (Wildman–Crippen MR) is 109 cm³/mol. The number of Topliss-reactive ketones (excluding diaryl/α,β-unsaturated/α-hetero) is 1. The molecule has 128 valence electrons. The number of carbonyl (C=O) groups is 1. The summed E-state index contributed by atoms with van der Waals surface area (Å²) in [6.45, 7) is 2.07. The molecule has 26 heavy (non-hydrogen) atoms. The van der Waals surface area contributed by atoms with Gasteiger partial charge >= 0.3 is 0 Å². The molecule has 2 aromatic carbocycles. The normalized spacial score (nSPS) is 11.0. The van der Waals surface area contributed by atoms with Crippen molar-refractivity contribution >= 4 is 27.3 Å². The molecule has 2 aromatic heterocycles. The van der Waals surface area contributed by atoms with Gasteiger partial charge in [-0.15, -0.1) is 11.3 Å². The smallest absolute Gasteiger partial charge is 0.173 e. The summed E-state index contributed by atoms with van der Waals surface area (Å²) in [6.07, 6.45) is 3.05. The number of thiophene rings is 1.